The van der Waals surface area contributed by atoms with E-state index >= 15 is 0 Å². The quantitative estimate of drug-likeness (QED) is 0.834. The molecule has 1 heterocycles. The van der Waals surface area contributed by atoms with Gasteiger partial charge in [0.05, 0.1) is 0 Å². The predicted molar refractivity (Wildman–Crippen MR) is 79.1 cm³/mol. The van der Waals surface area contributed by atoms with Crippen molar-refractivity contribution in [3.63, 3.8) is 0 Å². The molecule has 0 atom stereocenters. The van der Waals surface area contributed by atoms with Crippen LogP contribution in [0.15, 0.2) is 23.1 Å². The maximum Gasteiger partial charge on any atom is 0.250 e. The average molecular weight is 266 g/mol. The minimum Gasteiger partial charge on any atom is -0.398 e. The van der Waals surface area contributed by atoms with Gasteiger partial charge in [0, 0.05) is 29.7 Å². The number of hydrogen-bond acceptors (Lipinski definition) is 3. The molecule has 2 N–H and O–H groups in total. The number of aromatic nitrogens is 1. The van der Waals surface area contributed by atoms with Gasteiger partial charge in [-0.15, -0.1) is 0 Å². The van der Waals surface area contributed by atoms with E-state index in [1.165, 1.54) is 32.1 Å². The molecule has 1 aromatic rings. The fourth-order valence-electron chi connectivity index (χ4n) is 2.44. The molecule has 1 aliphatic carbocycles. The van der Waals surface area contributed by atoms with Gasteiger partial charge >= 0.3 is 0 Å². The molecule has 0 bridgehead atoms. The van der Waals surface area contributed by atoms with Crippen LogP contribution in [0.3, 0.4) is 0 Å². The number of nitrogens with two attached hydrogens (primary N) is 1. The van der Waals surface area contributed by atoms with Crippen molar-refractivity contribution in [2.45, 2.75) is 50.3 Å². The second-order valence-electron chi connectivity index (χ2n) is 4.98. The molecule has 0 spiro atoms. The predicted octanol–water partition coefficient (Wildman–Crippen LogP) is 2.89. The molecular formula is C14H22N2OS. The Hall–Kier alpha value is -0.900. The molecule has 2 rings (SSSR count). The van der Waals surface area contributed by atoms with Gasteiger partial charge in [0.2, 0.25) is 0 Å². The Labute approximate surface area is 113 Å². The highest BCUT2D eigenvalue weighted by Gasteiger charge is 2.12. The van der Waals surface area contributed by atoms with E-state index in [1.54, 1.807) is 22.9 Å². The van der Waals surface area contributed by atoms with Gasteiger partial charge in [0.15, 0.2) is 0 Å². The summed E-state index contributed by atoms with van der Waals surface area (Å²) in [4.78, 5) is 11.6. The highest BCUT2D eigenvalue weighted by molar-refractivity contribution is 7.99. The number of nitrogen functional groups attached to an aromatic ring is 1. The van der Waals surface area contributed by atoms with Crippen molar-refractivity contribution in [2.75, 3.05) is 11.5 Å². The number of thioether (sulfide) groups is 1. The maximum absolute atomic E-state index is 11.6. The highest BCUT2D eigenvalue weighted by Crippen LogP contribution is 2.28. The van der Waals surface area contributed by atoms with Crippen LogP contribution in [0, 0.1) is 0 Å². The first-order valence-corrected chi connectivity index (χ1v) is 7.88. The number of aryl methyl sites for hydroxylation is 1. The molecular weight excluding hydrogens is 244 g/mol. The number of anilines is 1. The second-order valence-corrected chi connectivity index (χ2v) is 6.39. The van der Waals surface area contributed by atoms with E-state index in [0.29, 0.717) is 5.69 Å². The van der Waals surface area contributed by atoms with E-state index in [4.69, 9.17) is 5.73 Å². The molecule has 0 amide bonds. The Kier molecular flexibility index (Phi) is 5.17. The van der Waals surface area contributed by atoms with Crippen molar-refractivity contribution < 1.29 is 0 Å². The van der Waals surface area contributed by atoms with E-state index in [9.17, 15) is 4.79 Å². The van der Waals surface area contributed by atoms with Gasteiger partial charge < -0.3 is 10.3 Å². The van der Waals surface area contributed by atoms with Crippen LogP contribution in [0.1, 0.15) is 38.5 Å². The van der Waals surface area contributed by atoms with Gasteiger partial charge in [-0.25, -0.2) is 0 Å². The van der Waals surface area contributed by atoms with Gasteiger partial charge in [0.1, 0.15) is 0 Å². The number of hydrogen-bond donors (Lipinski definition) is 1. The Morgan fingerprint density at radius 1 is 1.28 bits per heavy atom. The lowest BCUT2D eigenvalue weighted by atomic mass is 10.0. The Bertz CT molecular complexity index is 424. The third-order valence-corrected chi connectivity index (χ3v) is 4.92. The summed E-state index contributed by atoms with van der Waals surface area (Å²) in [5.41, 5.74) is 6.39. The third-order valence-electron chi connectivity index (χ3n) is 3.46. The average Bonchev–Trinajstić information content (AvgIpc) is 2.40. The lowest BCUT2D eigenvalue weighted by Crippen LogP contribution is -2.19. The first kappa shape index (κ1) is 13.5. The van der Waals surface area contributed by atoms with Crippen molar-refractivity contribution >= 4 is 17.4 Å². The maximum atomic E-state index is 11.6. The molecule has 3 nitrogen and oxygen atoms in total. The van der Waals surface area contributed by atoms with Crippen molar-refractivity contribution in [1.82, 2.24) is 4.57 Å². The summed E-state index contributed by atoms with van der Waals surface area (Å²) in [5.74, 6) is 1.14. The first-order valence-electron chi connectivity index (χ1n) is 6.83. The van der Waals surface area contributed by atoms with Crippen LogP contribution in [-0.4, -0.2) is 15.6 Å². The smallest absolute Gasteiger partial charge is 0.250 e. The zero-order chi connectivity index (χ0) is 12.8. The Morgan fingerprint density at radius 2 is 2.06 bits per heavy atom. The lowest BCUT2D eigenvalue weighted by molar-refractivity contribution is 0.515. The molecule has 0 radical (unpaired) electrons. The molecule has 1 fully saturated rings. The summed E-state index contributed by atoms with van der Waals surface area (Å²) in [6, 6.07) is 3.21. The number of pyridine rings is 1. The van der Waals surface area contributed by atoms with E-state index < -0.39 is 0 Å². The summed E-state index contributed by atoms with van der Waals surface area (Å²) in [6.07, 6.45) is 9.75. The van der Waals surface area contributed by atoms with Crippen LogP contribution in [0.25, 0.3) is 0 Å². The fraction of sp³-hybridized carbons (Fsp3) is 0.643. The zero-order valence-electron chi connectivity index (χ0n) is 10.8. The van der Waals surface area contributed by atoms with Gasteiger partial charge in [0.25, 0.3) is 5.56 Å². The normalized spacial score (nSPS) is 16.9. The topological polar surface area (TPSA) is 48.0 Å². The van der Waals surface area contributed by atoms with Gasteiger partial charge in [-0.1, -0.05) is 19.3 Å². The summed E-state index contributed by atoms with van der Waals surface area (Å²) >= 11 is 2.08. The van der Waals surface area contributed by atoms with Crippen LogP contribution < -0.4 is 11.3 Å². The fourth-order valence-corrected chi connectivity index (χ4v) is 3.74. The Balaban J connectivity index is 1.71. The van der Waals surface area contributed by atoms with Crippen molar-refractivity contribution in [1.29, 1.82) is 0 Å². The van der Waals surface area contributed by atoms with Gasteiger partial charge in [-0.2, -0.15) is 11.8 Å². The molecule has 0 unspecified atom stereocenters. The molecule has 0 aromatic carbocycles. The van der Waals surface area contributed by atoms with E-state index in [2.05, 4.69) is 11.8 Å². The Morgan fingerprint density at radius 3 is 2.83 bits per heavy atom. The van der Waals surface area contributed by atoms with Crippen LogP contribution in [-0.2, 0) is 6.54 Å². The van der Waals surface area contributed by atoms with Gasteiger partial charge in [-0.05, 0) is 31.1 Å². The standard InChI is InChI=1S/C14H22N2OS/c15-12-7-8-14(17)16(11-12)9-4-10-18-13-5-2-1-3-6-13/h7-8,11,13H,1-6,9-10,15H2. The number of nitrogens with zero attached hydrogens (tertiary/aromatic N) is 1. The molecule has 100 valence electrons. The molecule has 18 heavy (non-hydrogen) atoms. The molecule has 0 saturated heterocycles. The summed E-state index contributed by atoms with van der Waals surface area (Å²) in [5, 5.41) is 0.858. The van der Waals surface area contributed by atoms with E-state index in [0.717, 1.165) is 24.0 Å². The summed E-state index contributed by atoms with van der Waals surface area (Å²) in [7, 11) is 0. The monoisotopic (exact) mass is 266 g/mol. The van der Waals surface area contributed by atoms with Crippen molar-refractivity contribution in [3.05, 3.63) is 28.7 Å². The van der Waals surface area contributed by atoms with Crippen LogP contribution in [0.5, 0.6) is 0 Å². The van der Waals surface area contributed by atoms with Crippen LogP contribution in [0.2, 0.25) is 0 Å². The minimum atomic E-state index is 0.0480. The lowest BCUT2D eigenvalue weighted by Gasteiger charge is -2.20. The first-order chi connectivity index (χ1) is 8.75. The van der Waals surface area contributed by atoms with E-state index in [-0.39, 0.29) is 5.56 Å². The highest BCUT2D eigenvalue weighted by atomic mass is 32.2. The third kappa shape index (κ3) is 4.09. The largest absolute Gasteiger partial charge is 0.398 e. The molecule has 1 saturated carbocycles. The van der Waals surface area contributed by atoms with Crippen molar-refractivity contribution in [2.24, 2.45) is 0 Å². The molecule has 0 aliphatic heterocycles. The number of rotatable bonds is 5. The van der Waals surface area contributed by atoms with Crippen LogP contribution in [0.4, 0.5) is 5.69 Å². The summed E-state index contributed by atoms with van der Waals surface area (Å²) < 4.78 is 1.72. The van der Waals surface area contributed by atoms with Crippen molar-refractivity contribution in [3.8, 4) is 0 Å². The molecule has 1 aliphatic rings. The summed E-state index contributed by atoms with van der Waals surface area (Å²) in [6.45, 7) is 0.781. The van der Waals surface area contributed by atoms with Crippen LogP contribution >= 0.6 is 11.8 Å². The second kappa shape index (κ2) is 6.88. The van der Waals surface area contributed by atoms with E-state index in [1.807, 2.05) is 0 Å². The minimum absolute atomic E-state index is 0.0480. The zero-order valence-corrected chi connectivity index (χ0v) is 11.6. The molecule has 4 heteroatoms. The van der Waals surface area contributed by atoms with Gasteiger partial charge in [-0.3, -0.25) is 4.79 Å². The SMILES string of the molecule is Nc1ccc(=O)n(CCCSC2CCCCC2)c1. The molecule has 1 aromatic heterocycles.